The lowest BCUT2D eigenvalue weighted by atomic mass is 10.1. The molecule has 6 nitrogen and oxygen atoms in total. The second-order valence-electron chi connectivity index (χ2n) is 8.08. The summed E-state index contributed by atoms with van der Waals surface area (Å²) in [5.41, 5.74) is 1.36. The van der Waals surface area contributed by atoms with Crippen LogP contribution in [0, 0.1) is 5.82 Å². The zero-order chi connectivity index (χ0) is 24.1. The maximum absolute atomic E-state index is 14.2. The summed E-state index contributed by atoms with van der Waals surface area (Å²) >= 11 is 3.31. The van der Waals surface area contributed by atoms with Crippen LogP contribution in [0.1, 0.15) is 5.56 Å². The summed E-state index contributed by atoms with van der Waals surface area (Å²) in [5, 5.41) is 0. The number of halogens is 2. The fourth-order valence-electron chi connectivity index (χ4n) is 3.99. The van der Waals surface area contributed by atoms with Crippen molar-refractivity contribution in [2.24, 2.45) is 0 Å². The average molecular weight is 546 g/mol. The molecule has 1 fully saturated rings. The van der Waals surface area contributed by atoms with E-state index in [-0.39, 0.29) is 23.0 Å². The molecule has 0 bridgehead atoms. The van der Waals surface area contributed by atoms with Gasteiger partial charge in [-0.25, -0.2) is 12.8 Å². The van der Waals surface area contributed by atoms with Crippen LogP contribution >= 0.6 is 15.9 Å². The Labute approximate surface area is 207 Å². The number of carbonyl (C=O) groups excluding carboxylic acids is 1. The quantitative estimate of drug-likeness (QED) is 0.490. The van der Waals surface area contributed by atoms with E-state index < -0.39 is 16.1 Å². The van der Waals surface area contributed by atoms with Gasteiger partial charge >= 0.3 is 0 Å². The first kappa shape index (κ1) is 24.4. The molecule has 3 aromatic rings. The zero-order valence-corrected chi connectivity index (χ0v) is 20.8. The summed E-state index contributed by atoms with van der Waals surface area (Å²) < 4.78 is 43.7. The molecule has 4 rings (SSSR count). The Hall–Kier alpha value is -2.75. The number of carbonyl (C=O) groups is 1. The van der Waals surface area contributed by atoms with Crippen molar-refractivity contribution in [3.05, 3.63) is 94.7 Å². The summed E-state index contributed by atoms with van der Waals surface area (Å²) in [6.45, 7) is 1.67. The molecule has 0 aromatic heterocycles. The predicted octanol–water partition coefficient (Wildman–Crippen LogP) is 3.83. The van der Waals surface area contributed by atoms with Crippen LogP contribution in [0.15, 0.2) is 88.2 Å². The fourth-order valence-corrected chi connectivity index (χ4v) is 5.45. The summed E-state index contributed by atoms with van der Waals surface area (Å²) in [6.07, 6.45) is 0.225. The van der Waals surface area contributed by atoms with Crippen LogP contribution in [0.3, 0.4) is 0 Å². The number of para-hydroxylation sites is 1. The molecule has 178 valence electrons. The number of nitrogens with zero attached hydrogens (tertiary/aromatic N) is 2. The first-order valence-corrected chi connectivity index (χ1v) is 13.2. The molecule has 34 heavy (non-hydrogen) atoms. The van der Waals surface area contributed by atoms with Gasteiger partial charge in [0.25, 0.3) is 0 Å². The lowest BCUT2D eigenvalue weighted by Crippen LogP contribution is -2.55. The Balaban J connectivity index is 1.51. The van der Waals surface area contributed by atoms with Crippen LogP contribution in [0.5, 0.6) is 0 Å². The van der Waals surface area contributed by atoms with Gasteiger partial charge < -0.3 is 9.80 Å². The van der Waals surface area contributed by atoms with Gasteiger partial charge in [0.1, 0.15) is 11.9 Å². The van der Waals surface area contributed by atoms with Crippen molar-refractivity contribution in [1.29, 1.82) is 0 Å². The second-order valence-corrected chi connectivity index (χ2v) is 10.7. The van der Waals surface area contributed by atoms with Gasteiger partial charge in [0.05, 0.1) is 10.6 Å². The minimum atomic E-state index is -3.92. The summed E-state index contributed by atoms with van der Waals surface area (Å²) in [5.74, 6) is -0.593. The van der Waals surface area contributed by atoms with Crippen LogP contribution in [0.4, 0.5) is 10.1 Å². The number of sulfonamides is 1. The zero-order valence-electron chi connectivity index (χ0n) is 18.4. The van der Waals surface area contributed by atoms with Gasteiger partial charge in [-0.3, -0.25) is 4.79 Å². The first-order chi connectivity index (χ1) is 16.3. The molecule has 1 N–H and O–H groups in total. The van der Waals surface area contributed by atoms with Gasteiger partial charge in [-0.15, -0.1) is 0 Å². The number of benzene rings is 3. The number of hydrogen-bond donors (Lipinski definition) is 1. The van der Waals surface area contributed by atoms with Crippen LogP contribution in [0.2, 0.25) is 0 Å². The number of amides is 1. The molecule has 1 atom stereocenters. The molecule has 3 aromatic carbocycles. The van der Waals surface area contributed by atoms with Gasteiger partial charge in [0.15, 0.2) is 0 Å². The minimum Gasteiger partial charge on any atom is -0.366 e. The van der Waals surface area contributed by atoms with E-state index in [2.05, 4.69) is 20.7 Å². The summed E-state index contributed by atoms with van der Waals surface area (Å²) in [7, 11) is -3.92. The molecule has 1 saturated heterocycles. The molecular weight excluding hydrogens is 521 g/mol. The van der Waals surface area contributed by atoms with Crippen molar-refractivity contribution in [2.45, 2.75) is 17.4 Å². The maximum Gasteiger partial charge on any atom is 0.241 e. The SMILES string of the molecule is O=C([C@H](Cc1ccccc1)NS(=O)(=O)c1ccc(Br)cc1)N1CCN(c2ccccc2F)CC1. The van der Waals surface area contributed by atoms with Crippen molar-refractivity contribution in [2.75, 3.05) is 31.1 Å². The summed E-state index contributed by atoms with van der Waals surface area (Å²) in [4.78, 5) is 17.1. The Morgan fingerprint density at radius 3 is 2.18 bits per heavy atom. The molecule has 0 aliphatic carbocycles. The van der Waals surface area contributed by atoms with Gasteiger partial charge in [-0.1, -0.05) is 58.4 Å². The molecule has 1 aliphatic rings. The molecular formula is C25H25BrFN3O3S. The van der Waals surface area contributed by atoms with Crippen molar-refractivity contribution in [3.63, 3.8) is 0 Å². The lowest BCUT2D eigenvalue weighted by molar-refractivity contribution is -0.133. The third kappa shape index (κ3) is 5.84. The highest BCUT2D eigenvalue weighted by Gasteiger charge is 2.31. The van der Waals surface area contributed by atoms with E-state index in [4.69, 9.17) is 0 Å². The van der Waals surface area contributed by atoms with Crippen molar-refractivity contribution < 1.29 is 17.6 Å². The normalized spacial score (nSPS) is 15.2. The summed E-state index contributed by atoms with van der Waals surface area (Å²) in [6, 6.07) is 21.2. The van der Waals surface area contributed by atoms with Crippen LogP contribution in [-0.2, 0) is 21.2 Å². The number of piperazine rings is 1. The standard InChI is InChI=1S/C25H25BrFN3O3S/c26-20-10-12-21(13-11-20)34(32,33)28-23(18-19-6-2-1-3-7-19)25(31)30-16-14-29(15-17-30)24-9-5-4-8-22(24)27/h1-13,23,28H,14-18H2/t23-/m0/s1. The monoisotopic (exact) mass is 545 g/mol. The van der Waals surface area contributed by atoms with Crippen molar-refractivity contribution in [1.82, 2.24) is 9.62 Å². The molecule has 0 spiro atoms. The molecule has 0 unspecified atom stereocenters. The van der Waals surface area contributed by atoms with E-state index in [1.807, 2.05) is 35.2 Å². The van der Waals surface area contributed by atoms with E-state index in [9.17, 15) is 17.6 Å². The Morgan fingerprint density at radius 1 is 0.912 bits per heavy atom. The maximum atomic E-state index is 14.2. The number of nitrogens with one attached hydrogen (secondary N) is 1. The van der Waals surface area contributed by atoms with Crippen LogP contribution in [0.25, 0.3) is 0 Å². The third-order valence-corrected chi connectivity index (χ3v) is 7.80. The predicted molar refractivity (Wildman–Crippen MR) is 134 cm³/mol. The number of hydrogen-bond acceptors (Lipinski definition) is 4. The van der Waals surface area contributed by atoms with E-state index >= 15 is 0 Å². The topological polar surface area (TPSA) is 69.7 Å². The highest BCUT2D eigenvalue weighted by atomic mass is 79.9. The van der Waals surface area contributed by atoms with Crippen molar-refractivity contribution in [3.8, 4) is 0 Å². The molecule has 0 radical (unpaired) electrons. The number of anilines is 1. The van der Waals surface area contributed by atoms with Gasteiger partial charge in [0.2, 0.25) is 15.9 Å². The van der Waals surface area contributed by atoms with Crippen molar-refractivity contribution >= 4 is 37.5 Å². The molecule has 0 saturated carbocycles. The van der Waals surface area contributed by atoms with E-state index in [0.717, 1.165) is 10.0 Å². The third-order valence-electron chi connectivity index (χ3n) is 5.79. The molecule has 1 aliphatic heterocycles. The van der Waals surface area contributed by atoms with E-state index in [1.54, 1.807) is 35.2 Å². The van der Waals surface area contributed by atoms with Crippen LogP contribution in [-0.4, -0.2) is 51.4 Å². The first-order valence-electron chi connectivity index (χ1n) is 10.9. The lowest BCUT2D eigenvalue weighted by Gasteiger charge is -2.37. The van der Waals surface area contributed by atoms with E-state index in [1.165, 1.54) is 18.2 Å². The molecule has 9 heteroatoms. The Kier molecular flexibility index (Phi) is 7.65. The number of rotatable bonds is 7. The van der Waals surface area contributed by atoms with Gasteiger partial charge in [-0.05, 0) is 48.4 Å². The van der Waals surface area contributed by atoms with E-state index in [0.29, 0.717) is 31.9 Å². The largest absolute Gasteiger partial charge is 0.366 e. The van der Waals surface area contributed by atoms with Gasteiger partial charge in [-0.2, -0.15) is 4.72 Å². The van der Waals surface area contributed by atoms with Crippen LogP contribution < -0.4 is 9.62 Å². The Bertz CT molecular complexity index is 1230. The molecule has 1 amide bonds. The Morgan fingerprint density at radius 2 is 1.53 bits per heavy atom. The molecule has 1 heterocycles. The fraction of sp³-hybridized carbons (Fsp3) is 0.240. The van der Waals surface area contributed by atoms with Gasteiger partial charge in [0, 0.05) is 30.7 Å². The highest BCUT2D eigenvalue weighted by Crippen LogP contribution is 2.21. The smallest absolute Gasteiger partial charge is 0.241 e. The minimum absolute atomic E-state index is 0.0888. The second kappa shape index (κ2) is 10.7. The average Bonchev–Trinajstić information content (AvgIpc) is 2.84. The highest BCUT2D eigenvalue weighted by molar-refractivity contribution is 9.10.